The summed E-state index contributed by atoms with van der Waals surface area (Å²) in [6, 6.07) is -3.00. The van der Waals surface area contributed by atoms with Crippen LogP contribution in [0.5, 0.6) is 0 Å². The van der Waals surface area contributed by atoms with E-state index < -0.39 is 132 Å². The van der Waals surface area contributed by atoms with Crippen LogP contribution in [0, 0.1) is 29.6 Å². The van der Waals surface area contributed by atoms with Crippen molar-refractivity contribution in [2.75, 3.05) is 6.54 Å². The van der Waals surface area contributed by atoms with E-state index in [2.05, 4.69) is 42.5 Å². The maximum absolute atomic E-state index is 14.2. The molecule has 1 rings (SSSR count). The molecule has 0 fully saturated rings. The molecule has 8 amide bonds. The Morgan fingerprint density at radius 2 is 0.840 bits per heavy atom. The van der Waals surface area contributed by atoms with E-state index in [0.29, 0.717) is 37.7 Å². The fourth-order valence-corrected chi connectivity index (χ4v) is 8.00. The Kier molecular flexibility index (Phi) is 30.6. The van der Waals surface area contributed by atoms with Crippen molar-refractivity contribution in [3.05, 3.63) is 35.9 Å². The molecule has 0 saturated heterocycles. The van der Waals surface area contributed by atoms with Crippen LogP contribution in [0.4, 0.5) is 0 Å². The minimum atomic E-state index is -1.70. The number of rotatable bonds is 35. The largest absolute Gasteiger partial charge is 0.480 e. The second-order valence-corrected chi connectivity index (χ2v) is 20.9. The molecule has 1 aromatic rings. The number of aliphatic carboxylic acids is 1. The summed E-state index contributed by atoms with van der Waals surface area (Å²) in [5.41, 5.74) is 12.6. The number of benzene rings is 1. The monoisotopic (exact) mass is 1060 g/mol. The van der Waals surface area contributed by atoms with Gasteiger partial charge in [-0.05, 0) is 87.6 Å². The van der Waals surface area contributed by atoms with Gasteiger partial charge in [0.05, 0.1) is 18.2 Å². The van der Waals surface area contributed by atoms with Crippen LogP contribution in [0.3, 0.4) is 0 Å². The first-order valence-corrected chi connectivity index (χ1v) is 26.6. The predicted octanol–water partition coefficient (Wildman–Crippen LogP) is 0.640. The van der Waals surface area contributed by atoms with Gasteiger partial charge in [0.25, 0.3) is 0 Å². The van der Waals surface area contributed by atoms with Crippen LogP contribution < -0.4 is 54.0 Å². The van der Waals surface area contributed by atoms with E-state index >= 15 is 0 Å². The number of carbonyl (C=O) groups excluding carboxylic acids is 8. The lowest BCUT2D eigenvalue weighted by Crippen LogP contribution is -2.64. The zero-order valence-electron chi connectivity index (χ0n) is 46.4. The number of carboxylic acids is 1. The molecule has 0 saturated carbocycles. The van der Waals surface area contributed by atoms with Gasteiger partial charge in [0.2, 0.25) is 47.3 Å². The van der Waals surface area contributed by atoms with Crippen LogP contribution in [-0.4, -0.2) is 142 Å². The van der Waals surface area contributed by atoms with Gasteiger partial charge in [-0.3, -0.25) is 38.4 Å². The molecule has 15 N–H and O–H groups in total. The van der Waals surface area contributed by atoms with Gasteiger partial charge in [-0.25, -0.2) is 4.79 Å². The highest BCUT2D eigenvalue weighted by atomic mass is 16.4. The van der Waals surface area contributed by atoms with E-state index in [-0.39, 0.29) is 50.0 Å². The zero-order valence-corrected chi connectivity index (χ0v) is 46.4. The SMILES string of the molecule is CC[C@H](C)[C@H](N)C(=O)N[C@@H](Cc1ccccc1)C(=O)N[C@H](C(=O)N[C@H](C(=O)N[C@H](C(=O)N[C@@H](CCCCN)C(=O)N[C@H](C(=O)N[C@@H](CC(C)C)C(=O)N[C@@H](CC(C)C)C(=O)O)[C@@H](C)CC)[C@@H](C)O)[C@@H](C)CC)[C@@H](C)O. The summed E-state index contributed by atoms with van der Waals surface area (Å²) in [5.74, 6) is -9.19. The maximum Gasteiger partial charge on any atom is 0.326 e. The fourth-order valence-electron chi connectivity index (χ4n) is 8.00. The molecule has 0 heterocycles. The Bertz CT molecular complexity index is 1990. The fraction of sp³-hybridized carbons (Fsp3) is 0.717. The van der Waals surface area contributed by atoms with Crippen molar-refractivity contribution in [1.29, 1.82) is 0 Å². The number of unbranched alkanes of at least 4 members (excludes halogenated alkanes) is 1. The standard InChI is InChI=1S/C53H92N10O12/c1-13-30(8)40(55)48(69)57-38(27-35-21-17-16-18-22-35)47(68)62-44(34(12)65)52(73)61-42(32(10)15-3)50(71)63-43(33(11)64)51(72)56-36(23-19-20-24-54)45(66)60-41(31(9)14-2)49(70)58-37(25-28(4)5)46(67)59-39(53(74)75)26-29(6)7/h16-18,21-22,28-34,36-44,64-65H,13-15,19-20,23-27,54-55H2,1-12H3,(H,56,72)(H,57,69)(H,58,70)(H,59,67)(H,60,66)(H,61,73)(H,62,68)(H,63,71)(H,74,75)/t30-,31-,32-,33+,34+,36-,37-,38-,39-,40-,41-,42-,43-,44-/m0/s1. The molecule has 14 atom stereocenters. The van der Waals surface area contributed by atoms with Crippen LogP contribution in [0.25, 0.3) is 0 Å². The van der Waals surface area contributed by atoms with E-state index in [1.54, 1.807) is 65.0 Å². The average Bonchev–Trinajstić information content (AvgIpc) is 3.35. The lowest BCUT2D eigenvalue weighted by Gasteiger charge is -2.31. The van der Waals surface area contributed by atoms with Crippen LogP contribution in [-0.2, 0) is 49.6 Å². The van der Waals surface area contributed by atoms with Gasteiger partial charge in [-0.2, -0.15) is 0 Å². The van der Waals surface area contributed by atoms with Gasteiger partial charge in [0.1, 0.15) is 48.3 Å². The highest BCUT2D eigenvalue weighted by Gasteiger charge is 2.39. The van der Waals surface area contributed by atoms with E-state index in [1.807, 2.05) is 34.6 Å². The maximum atomic E-state index is 14.2. The molecule has 22 heteroatoms. The Labute approximate surface area is 443 Å². The number of carboxylic acid groups (broad SMARTS) is 1. The minimum absolute atomic E-state index is 0.0133. The first kappa shape index (κ1) is 67.3. The van der Waals surface area contributed by atoms with E-state index in [9.17, 15) is 58.5 Å². The molecule has 0 spiro atoms. The molecule has 0 aliphatic rings. The molecule has 1 aromatic carbocycles. The minimum Gasteiger partial charge on any atom is -0.480 e. The number of aliphatic hydroxyl groups excluding tert-OH is 2. The van der Waals surface area contributed by atoms with Crippen LogP contribution in [0.15, 0.2) is 30.3 Å². The Morgan fingerprint density at radius 1 is 0.467 bits per heavy atom. The summed E-state index contributed by atoms with van der Waals surface area (Å²) >= 11 is 0. The third-order valence-corrected chi connectivity index (χ3v) is 13.4. The van der Waals surface area contributed by atoms with Crippen molar-refractivity contribution in [1.82, 2.24) is 42.5 Å². The smallest absolute Gasteiger partial charge is 0.326 e. The molecule has 22 nitrogen and oxygen atoms in total. The van der Waals surface area contributed by atoms with Crippen LogP contribution >= 0.6 is 0 Å². The number of nitrogens with two attached hydrogens (primary N) is 2. The molecule has 0 aliphatic carbocycles. The van der Waals surface area contributed by atoms with Crippen molar-refractivity contribution in [2.24, 2.45) is 41.1 Å². The zero-order chi connectivity index (χ0) is 57.3. The van der Waals surface area contributed by atoms with Crippen molar-refractivity contribution >= 4 is 53.2 Å². The second kappa shape index (κ2) is 34.1. The molecule has 75 heavy (non-hydrogen) atoms. The van der Waals surface area contributed by atoms with Gasteiger partial charge in [0, 0.05) is 6.42 Å². The molecule has 0 aromatic heterocycles. The van der Waals surface area contributed by atoms with Crippen molar-refractivity contribution in [3.63, 3.8) is 0 Å². The predicted molar refractivity (Wildman–Crippen MR) is 285 cm³/mol. The number of amides is 8. The number of aliphatic hydroxyl groups is 2. The highest BCUT2D eigenvalue weighted by Crippen LogP contribution is 2.16. The summed E-state index contributed by atoms with van der Waals surface area (Å²) < 4.78 is 0. The first-order chi connectivity index (χ1) is 35.1. The summed E-state index contributed by atoms with van der Waals surface area (Å²) in [6.07, 6.45) is -0.633. The summed E-state index contributed by atoms with van der Waals surface area (Å²) in [4.78, 5) is 123. The lowest BCUT2D eigenvalue weighted by molar-refractivity contribution is -0.143. The second-order valence-electron chi connectivity index (χ2n) is 20.9. The van der Waals surface area contributed by atoms with Crippen molar-refractivity contribution < 1.29 is 58.5 Å². The number of hydrogen-bond acceptors (Lipinski definition) is 13. The molecule has 0 bridgehead atoms. The highest BCUT2D eigenvalue weighted by molar-refractivity contribution is 5.98. The van der Waals surface area contributed by atoms with Gasteiger partial charge in [-0.15, -0.1) is 0 Å². The van der Waals surface area contributed by atoms with E-state index in [4.69, 9.17) is 11.5 Å². The molecule has 0 unspecified atom stereocenters. The molecular formula is C53H92N10O12. The van der Waals surface area contributed by atoms with E-state index in [0.717, 1.165) is 0 Å². The Morgan fingerprint density at radius 3 is 1.31 bits per heavy atom. The molecule has 426 valence electrons. The van der Waals surface area contributed by atoms with E-state index in [1.165, 1.54) is 13.8 Å². The van der Waals surface area contributed by atoms with Crippen molar-refractivity contribution in [2.45, 2.75) is 207 Å². The quantitative estimate of drug-likeness (QED) is 0.0415. The first-order valence-electron chi connectivity index (χ1n) is 26.6. The Balaban J connectivity index is 3.47. The third kappa shape index (κ3) is 23.4. The van der Waals surface area contributed by atoms with Crippen LogP contribution in [0.2, 0.25) is 0 Å². The number of carbonyl (C=O) groups is 9. The number of nitrogens with one attached hydrogen (secondary N) is 8. The summed E-state index contributed by atoms with van der Waals surface area (Å²) in [5, 5.41) is 52.5. The molecular weight excluding hydrogens is 969 g/mol. The third-order valence-electron chi connectivity index (χ3n) is 13.4. The van der Waals surface area contributed by atoms with Gasteiger partial charge >= 0.3 is 5.97 Å². The normalized spacial score (nSPS) is 17.1. The van der Waals surface area contributed by atoms with Gasteiger partial charge in [-0.1, -0.05) is 119 Å². The lowest BCUT2D eigenvalue weighted by atomic mass is 9.95. The van der Waals surface area contributed by atoms with Crippen LogP contribution in [0.1, 0.15) is 140 Å². The average molecular weight is 1060 g/mol. The Hall–Kier alpha value is -5.71. The van der Waals surface area contributed by atoms with Gasteiger partial charge < -0.3 is 69.3 Å². The molecule has 0 aliphatic heterocycles. The summed E-state index contributed by atoms with van der Waals surface area (Å²) in [6.45, 7) is 20.6. The van der Waals surface area contributed by atoms with Crippen molar-refractivity contribution in [3.8, 4) is 0 Å². The molecule has 0 radical (unpaired) electrons. The topological polar surface area (TPSA) is 363 Å². The summed E-state index contributed by atoms with van der Waals surface area (Å²) in [7, 11) is 0. The van der Waals surface area contributed by atoms with Gasteiger partial charge in [0.15, 0.2) is 0 Å². The number of hydrogen-bond donors (Lipinski definition) is 13.